The lowest BCUT2D eigenvalue weighted by molar-refractivity contribution is -0.118. The van der Waals surface area contributed by atoms with Gasteiger partial charge < -0.3 is 31.0 Å². The average Bonchev–Trinajstić information content (AvgIpc) is 2.11. The molecule has 0 aromatic rings. The zero-order chi connectivity index (χ0) is 11.5. The molecule has 0 saturated heterocycles. The first-order chi connectivity index (χ1) is 6.21. The SMILES string of the molecule is [3H]C([3H])(O)[C@@H](O)[C@@H](O)[C@H](O)[C@@H](N)C=O. The third-order valence-corrected chi connectivity index (χ3v) is 1.36. The van der Waals surface area contributed by atoms with Crippen molar-refractivity contribution in [3.05, 3.63) is 0 Å². The van der Waals surface area contributed by atoms with Gasteiger partial charge in [0.2, 0.25) is 0 Å². The van der Waals surface area contributed by atoms with Crippen LogP contribution in [-0.2, 0) is 4.79 Å². The molecule has 0 rings (SSSR count). The van der Waals surface area contributed by atoms with Gasteiger partial charge in [-0.3, -0.25) is 0 Å². The largest absolute Gasteiger partial charge is 0.394 e. The molecule has 0 amide bonds. The van der Waals surface area contributed by atoms with Crippen molar-refractivity contribution in [1.82, 2.24) is 0 Å². The zero-order valence-corrected chi connectivity index (χ0v) is 6.16. The van der Waals surface area contributed by atoms with Crippen molar-refractivity contribution in [2.75, 3.05) is 6.56 Å². The summed E-state index contributed by atoms with van der Waals surface area (Å²) in [7, 11) is 0. The molecule has 0 heterocycles. The number of rotatable bonds is 5. The molecule has 72 valence electrons. The molecule has 6 heteroatoms. The van der Waals surface area contributed by atoms with Crippen molar-refractivity contribution in [3.8, 4) is 0 Å². The molecule has 0 fully saturated rings. The molecule has 0 aliphatic carbocycles. The van der Waals surface area contributed by atoms with Crippen molar-refractivity contribution in [2.45, 2.75) is 24.4 Å². The Bertz CT molecular complexity index is 197. The molecule has 0 aliphatic heterocycles. The summed E-state index contributed by atoms with van der Waals surface area (Å²) >= 11 is 0. The summed E-state index contributed by atoms with van der Waals surface area (Å²) in [4.78, 5) is 10.1. The summed E-state index contributed by atoms with van der Waals surface area (Å²) in [5.41, 5.74) is 5.01. The molecule has 6 nitrogen and oxygen atoms in total. The van der Waals surface area contributed by atoms with Crippen LogP contribution in [0.2, 0.25) is 0 Å². The molecule has 0 bridgehead atoms. The predicted octanol–water partition coefficient (Wildman–Crippen LogP) is -3.41. The lowest BCUT2D eigenvalue weighted by Crippen LogP contribution is -2.49. The highest BCUT2D eigenvalue weighted by molar-refractivity contribution is 5.58. The van der Waals surface area contributed by atoms with Crippen LogP contribution in [0.15, 0.2) is 0 Å². The van der Waals surface area contributed by atoms with E-state index in [-0.39, 0.29) is 6.29 Å². The van der Waals surface area contributed by atoms with Crippen LogP contribution in [0.3, 0.4) is 0 Å². The minimum atomic E-state index is -3.08. The summed E-state index contributed by atoms with van der Waals surface area (Å²) < 4.78 is 13.3. The Morgan fingerprint density at radius 3 is 2.25 bits per heavy atom. The molecule has 0 spiro atoms. The van der Waals surface area contributed by atoms with Gasteiger partial charge in [0.1, 0.15) is 24.6 Å². The van der Waals surface area contributed by atoms with Crippen LogP contribution in [0.1, 0.15) is 2.74 Å². The van der Waals surface area contributed by atoms with Crippen LogP contribution in [0.25, 0.3) is 0 Å². The minimum absolute atomic E-state index is 0.132. The van der Waals surface area contributed by atoms with Gasteiger partial charge in [-0.25, -0.2) is 0 Å². The summed E-state index contributed by atoms with van der Waals surface area (Å²) in [6, 6.07) is -1.46. The van der Waals surface area contributed by atoms with Gasteiger partial charge in [0.25, 0.3) is 0 Å². The Kier molecular flexibility index (Phi) is 3.49. The lowest BCUT2D eigenvalue weighted by atomic mass is 10.0. The quantitative estimate of drug-likeness (QED) is 0.283. The van der Waals surface area contributed by atoms with Gasteiger partial charge in [-0.1, -0.05) is 0 Å². The summed E-state index contributed by atoms with van der Waals surface area (Å²) in [6.07, 6.45) is -6.00. The molecule has 0 aromatic carbocycles. The van der Waals surface area contributed by atoms with Crippen LogP contribution in [0.5, 0.6) is 0 Å². The summed E-state index contributed by atoms with van der Waals surface area (Å²) in [5.74, 6) is 0. The number of hydrogen-bond donors (Lipinski definition) is 5. The van der Waals surface area contributed by atoms with Gasteiger partial charge >= 0.3 is 0 Å². The van der Waals surface area contributed by atoms with Crippen molar-refractivity contribution in [2.24, 2.45) is 5.73 Å². The van der Waals surface area contributed by atoms with Crippen molar-refractivity contribution >= 4 is 6.29 Å². The normalized spacial score (nSPS) is 24.8. The van der Waals surface area contributed by atoms with E-state index < -0.39 is 30.9 Å². The van der Waals surface area contributed by atoms with Gasteiger partial charge in [0, 0.05) is 0 Å². The van der Waals surface area contributed by atoms with Crippen LogP contribution >= 0.6 is 0 Å². The molecule has 0 radical (unpaired) electrons. The molecular weight excluding hydrogens is 166 g/mol. The van der Waals surface area contributed by atoms with E-state index >= 15 is 0 Å². The van der Waals surface area contributed by atoms with Crippen LogP contribution in [0.4, 0.5) is 0 Å². The van der Waals surface area contributed by atoms with Crippen LogP contribution in [-0.4, -0.2) is 57.6 Å². The number of carbonyl (C=O) groups is 1. The summed E-state index contributed by atoms with van der Waals surface area (Å²) in [5, 5.41) is 35.8. The second-order valence-electron chi connectivity index (χ2n) is 2.27. The first-order valence-electron chi connectivity index (χ1n) is 4.19. The van der Waals surface area contributed by atoms with Crippen LogP contribution < -0.4 is 5.73 Å². The number of carbonyl (C=O) groups excluding carboxylic acids is 1. The highest BCUT2D eigenvalue weighted by Gasteiger charge is 2.28. The Morgan fingerprint density at radius 1 is 1.42 bits per heavy atom. The maximum absolute atomic E-state index is 10.1. The van der Waals surface area contributed by atoms with E-state index in [0.29, 0.717) is 0 Å². The Morgan fingerprint density at radius 2 is 1.92 bits per heavy atom. The van der Waals surface area contributed by atoms with E-state index in [1.165, 1.54) is 0 Å². The molecule has 0 aliphatic rings. The molecular formula is C6H13NO5. The predicted molar refractivity (Wildman–Crippen MR) is 39.1 cm³/mol. The fourth-order valence-corrected chi connectivity index (χ4v) is 0.571. The number of aldehydes is 1. The highest BCUT2D eigenvalue weighted by atomic mass is 16.4. The van der Waals surface area contributed by atoms with Crippen molar-refractivity contribution in [1.29, 1.82) is 0 Å². The van der Waals surface area contributed by atoms with Crippen LogP contribution in [0, 0.1) is 0 Å². The third kappa shape index (κ3) is 2.84. The highest BCUT2D eigenvalue weighted by Crippen LogP contribution is 2.01. The number of aliphatic hydroxyl groups excluding tert-OH is 3. The number of hydrogen-bond acceptors (Lipinski definition) is 6. The number of nitrogens with two attached hydrogens (primary N) is 1. The maximum atomic E-state index is 10.1. The monoisotopic (exact) mass is 183 g/mol. The van der Waals surface area contributed by atoms with E-state index in [9.17, 15) is 4.79 Å². The maximum Gasteiger partial charge on any atom is 0.139 e. The van der Waals surface area contributed by atoms with E-state index in [4.69, 9.17) is 28.9 Å². The smallest absolute Gasteiger partial charge is 0.139 e. The van der Waals surface area contributed by atoms with E-state index in [1.54, 1.807) is 0 Å². The van der Waals surface area contributed by atoms with E-state index in [2.05, 4.69) is 0 Å². The second-order valence-corrected chi connectivity index (χ2v) is 2.27. The minimum Gasteiger partial charge on any atom is -0.394 e. The van der Waals surface area contributed by atoms with Crippen molar-refractivity contribution in [3.63, 3.8) is 0 Å². The molecule has 0 aromatic heterocycles. The average molecular weight is 183 g/mol. The fraction of sp³-hybridized carbons (Fsp3) is 0.833. The van der Waals surface area contributed by atoms with Crippen molar-refractivity contribution < 1.29 is 28.0 Å². The van der Waals surface area contributed by atoms with Gasteiger partial charge in [0.05, 0.1) is 15.3 Å². The zero-order valence-electron chi connectivity index (χ0n) is 8.16. The molecule has 0 saturated carbocycles. The standard InChI is InChI=1S/C6H13NO5/c7-3(1-8)5(11)6(12)4(10)2-9/h1,3-6,9-12H,2,7H2/t3-,4+,5+,6+/m0/s1/i2T2. The molecule has 12 heavy (non-hydrogen) atoms. The molecule has 6 N–H and O–H groups in total. The summed E-state index contributed by atoms with van der Waals surface area (Å²) in [6.45, 7) is -3.08. The topological polar surface area (TPSA) is 124 Å². The van der Waals surface area contributed by atoms with E-state index in [0.717, 1.165) is 0 Å². The number of aliphatic hydroxyl groups is 4. The van der Waals surface area contributed by atoms with Gasteiger partial charge in [-0.2, -0.15) is 0 Å². The van der Waals surface area contributed by atoms with Gasteiger partial charge in [-0.15, -0.1) is 0 Å². The Balaban J connectivity index is 4.46. The Hall–Kier alpha value is -0.530. The van der Waals surface area contributed by atoms with E-state index in [1.807, 2.05) is 0 Å². The Labute approximate surface area is 72.1 Å². The van der Waals surface area contributed by atoms with Gasteiger partial charge in [-0.05, 0) is 0 Å². The van der Waals surface area contributed by atoms with Gasteiger partial charge in [0.15, 0.2) is 0 Å². The second kappa shape index (κ2) is 5.18. The molecule has 0 unspecified atom stereocenters. The first-order valence-corrected chi connectivity index (χ1v) is 3.19. The fourth-order valence-electron chi connectivity index (χ4n) is 0.571. The lowest BCUT2D eigenvalue weighted by Gasteiger charge is -2.23. The molecule has 4 atom stereocenters. The first kappa shape index (κ1) is 8.09. The third-order valence-electron chi connectivity index (χ3n) is 1.36.